The van der Waals surface area contributed by atoms with Gasteiger partial charge in [-0.1, -0.05) is 38.4 Å². The molecule has 3 N–H and O–H groups in total. The maximum Gasteiger partial charge on any atom is 0.227 e. The lowest BCUT2D eigenvalue weighted by Crippen LogP contribution is -2.20. The smallest absolute Gasteiger partial charge is 0.227 e. The molecule has 1 aromatic carbocycles. The summed E-state index contributed by atoms with van der Waals surface area (Å²) in [4.78, 5) is 8.93. The molecule has 2 aromatic rings. The molecule has 0 aliphatic heterocycles. The summed E-state index contributed by atoms with van der Waals surface area (Å²) < 4.78 is 5.84. The summed E-state index contributed by atoms with van der Waals surface area (Å²) in [6.07, 6.45) is 0. The van der Waals surface area contributed by atoms with Gasteiger partial charge in [0.25, 0.3) is 0 Å². The van der Waals surface area contributed by atoms with E-state index in [0.29, 0.717) is 28.3 Å². The Kier molecular flexibility index (Phi) is 4.34. The van der Waals surface area contributed by atoms with Crippen molar-refractivity contribution in [2.24, 2.45) is 5.84 Å². The largest absolute Gasteiger partial charge is 0.438 e. The van der Waals surface area contributed by atoms with Gasteiger partial charge in [-0.05, 0) is 25.1 Å². The van der Waals surface area contributed by atoms with Crippen LogP contribution in [0.4, 0.5) is 5.82 Å². The molecule has 5 nitrogen and oxygen atoms in total. The van der Waals surface area contributed by atoms with Gasteiger partial charge >= 0.3 is 0 Å². The Hall–Kier alpha value is -1.85. The Morgan fingerprint density at radius 3 is 2.52 bits per heavy atom. The quantitative estimate of drug-likeness (QED) is 0.666. The fourth-order valence-corrected chi connectivity index (χ4v) is 1.89. The van der Waals surface area contributed by atoms with Gasteiger partial charge < -0.3 is 10.2 Å². The summed E-state index contributed by atoms with van der Waals surface area (Å²) in [7, 11) is 0. The molecule has 0 aliphatic rings. The van der Waals surface area contributed by atoms with E-state index in [1.165, 1.54) is 0 Å². The second-order valence-corrected chi connectivity index (χ2v) is 6.22. The van der Waals surface area contributed by atoms with Crippen molar-refractivity contribution in [3.05, 3.63) is 40.7 Å². The predicted molar refractivity (Wildman–Crippen MR) is 84.8 cm³/mol. The Morgan fingerprint density at radius 1 is 1.24 bits per heavy atom. The summed E-state index contributed by atoms with van der Waals surface area (Å²) in [5, 5.41) is 0.604. The van der Waals surface area contributed by atoms with Gasteiger partial charge in [-0.2, -0.15) is 4.98 Å². The van der Waals surface area contributed by atoms with Crippen molar-refractivity contribution in [3.63, 3.8) is 0 Å². The highest BCUT2D eigenvalue weighted by Gasteiger charge is 2.22. The lowest BCUT2D eigenvalue weighted by atomic mass is 9.95. The fraction of sp³-hybridized carbons (Fsp3) is 0.333. The van der Waals surface area contributed by atoms with E-state index < -0.39 is 0 Å². The monoisotopic (exact) mass is 306 g/mol. The van der Waals surface area contributed by atoms with Crippen LogP contribution in [0.5, 0.6) is 11.6 Å². The number of hydrogen-bond acceptors (Lipinski definition) is 5. The first kappa shape index (κ1) is 15.5. The van der Waals surface area contributed by atoms with Gasteiger partial charge in [-0.3, -0.25) is 0 Å². The lowest BCUT2D eigenvalue weighted by Gasteiger charge is -2.20. The molecule has 0 bridgehead atoms. The second kappa shape index (κ2) is 5.87. The van der Waals surface area contributed by atoms with Crippen molar-refractivity contribution < 1.29 is 4.74 Å². The highest BCUT2D eigenvalue weighted by molar-refractivity contribution is 6.30. The van der Waals surface area contributed by atoms with Crippen LogP contribution < -0.4 is 16.0 Å². The number of nitrogens with one attached hydrogen (secondary N) is 1. The average molecular weight is 307 g/mol. The van der Waals surface area contributed by atoms with Crippen LogP contribution in [0.3, 0.4) is 0 Å². The van der Waals surface area contributed by atoms with Crippen LogP contribution in [-0.4, -0.2) is 9.97 Å². The topological polar surface area (TPSA) is 73.1 Å². The van der Waals surface area contributed by atoms with Gasteiger partial charge in [-0.25, -0.2) is 10.8 Å². The highest BCUT2D eigenvalue weighted by atomic mass is 35.5. The molecule has 0 saturated heterocycles. The number of aromatic nitrogens is 2. The molecule has 0 unspecified atom stereocenters. The van der Waals surface area contributed by atoms with Crippen molar-refractivity contribution in [2.45, 2.75) is 33.1 Å². The lowest BCUT2D eigenvalue weighted by molar-refractivity contribution is 0.442. The molecule has 1 heterocycles. The molecular weight excluding hydrogens is 288 g/mol. The highest BCUT2D eigenvalue weighted by Crippen LogP contribution is 2.31. The van der Waals surface area contributed by atoms with Crippen LogP contribution in [0, 0.1) is 6.92 Å². The van der Waals surface area contributed by atoms with Crippen molar-refractivity contribution >= 4 is 17.4 Å². The Labute approximate surface area is 129 Å². The van der Waals surface area contributed by atoms with Crippen LogP contribution in [0.1, 0.15) is 32.2 Å². The number of hydrogen-bond donors (Lipinski definition) is 2. The molecular formula is C15H19ClN4O. The molecule has 112 valence electrons. The van der Waals surface area contributed by atoms with E-state index in [4.69, 9.17) is 22.2 Å². The van der Waals surface area contributed by atoms with Crippen molar-refractivity contribution in [3.8, 4) is 11.6 Å². The third kappa shape index (κ3) is 3.62. The maximum absolute atomic E-state index is 5.97. The first-order valence-corrected chi connectivity index (χ1v) is 6.98. The van der Waals surface area contributed by atoms with E-state index in [9.17, 15) is 0 Å². The van der Waals surface area contributed by atoms with E-state index in [1.807, 2.05) is 39.8 Å². The van der Waals surface area contributed by atoms with Gasteiger partial charge in [-0.15, -0.1) is 0 Å². The number of ether oxygens (including phenoxy) is 1. The summed E-state index contributed by atoms with van der Waals surface area (Å²) >= 11 is 5.97. The molecule has 0 spiro atoms. The number of benzene rings is 1. The van der Waals surface area contributed by atoms with Crippen molar-refractivity contribution in [2.75, 3.05) is 5.43 Å². The van der Waals surface area contributed by atoms with Crippen molar-refractivity contribution in [1.82, 2.24) is 9.97 Å². The molecule has 6 heteroatoms. The van der Waals surface area contributed by atoms with Crippen LogP contribution >= 0.6 is 11.6 Å². The summed E-state index contributed by atoms with van der Waals surface area (Å²) in [5.41, 5.74) is 3.11. The molecule has 0 amide bonds. The minimum absolute atomic E-state index is 0.217. The number of halogens is 1. The van der Waals surface area contributed by atoms with Gasteiger partial charge in [0, 0.05) is 10.4 Å². The molecule has 21 heavy (non-hydrogen) atoms. The van der Waals surface area contributed by atoms with Gasteiger partial charge in [0.05, 0.1) is 5.56 Å². The van der Waals surface area contributed by atoms with E-state index in [-0.39, 0.29) is 5.41 Å². The van der Waals surface area contributed by atoms with Crippen molar-refractivity contribution in [1.29, 1.82) is 0 Å². The molecule has 1 aromatic heterocycles. The number of nitrogens with two attached hydrogens (primary N) is 1. The summed E-state index contributed by atoms with van der Waals surface area (Å²) in [5.74, 6) is 7.81. The zero-order valence-electron chi connectivity index (χ0n) is 12.6. The summed E-state index contributed by atoms with van der Waals surface area (Å²) in [6, 6.07) is 7.16. The van der Waals surface area contributed by atoms with Crippen LogP contribution in [0.25, 0.3) is 0 Å². The molecule has 0 fully saturated rings. The van der Waals surface area contributed by atoms with Gasteiger partial charge in [0.2, 0.25) is 5.88 Å². The third-order valence-corrected chi connectivity index (χ3v) is 3.15. The number of rotatable bonds is 3. The molecule has 0 radical (unpaired) electrons. The molecule has 0 aliphatic carbocycles. The number of anilines is 1. The standard InChI is InChI=1S/C15H19ClN4O/c1-9-12(20-17)18-14(15(2,3)4)19-13(9)21-11-7-5-6-10(16)8-11/h5-8H,17H2,1-4H3,(H,18,19,20). The van der Waals surface area contributed by atoms with Crippen LogP contribution in [0.2, 0.25) is 5.02 Å². The van der Waals surface area contributed by atoms with Crippen LogP contribution in [0.15, 0.2) is 24.3 Å². The Morgan fingerprint density at radius 2 is 1.95 bits per heavy atom. The predicted octanol–water partition coefficient (Wildman–Crippen LogP) is 3.81. The Bertz CT molecular complexity index is 653. The minimum Gasteiger partial charge on any atom is -0.438 e. The number of hydrazine groups is 1. The molecule has 0 saturated carbocycles. The first-order valence-electron chi connectivity index (χ1n) is 6.60. The normalized spacial score (nSPS) is 11.3. The van der Waals surface area contributed by atoms with Gasteiger partial charge in [0.15, 0.2) is 5.82 Å². The first-order chi connectivity index (χ1) is 9.81. The zero-order valence-corrected chi connectivity index (χ0v) is 13.3. The van der Waals surface area contributed by atoms with E-state index in [2.05, 4.69) is 15.4 Å². The summed E-state index contributed by atoms with van der Waals surface area (Å²) in [6.45, 7) is 7.94. The maximum atomic E-state index is 5.97. The number of nitrogens with zero attached hydrogens (tertiary/aromatic N) is 2. The third-order valence-electron chi connectivity index (χ3n) is 2.92. The minimum atomic E-state index is -0.217. The fourth-order valence-electron chi connectivity index (χ4n) is 1.71. The zero-order chi connectivity index (χ0) is 15.6. The molecule has 0 atom stereocenters. The van der Waals surface area contributed by atoms with E-state index in [0.717, 1.165) is 5.56 Å². The van der Waals surface area contributed by atoms with E-state index >= 15 is 0 Å². The average Bonchev–Trinajstić information content (AvgIpc) is 2.40. The SMILES string of the molecule is Cc1c(NN)nc(C(C)(C)C)nc1Oc1cccc(Cl)c1. The van der Waals surface area contributed by atoms with Crippen LogP contribution in [-0.2, 0) is 5.41 Å². The van der Waals surface area contributed by atoms with E-state index in [1.54, 1.807) is 12.1 Å². The van der Waals surface area contributed by atoms with Gasteiger partial charge in [0.1, 0.15) is 11.6 Å². The second-order valence-electron chi connectivity index (χ2n) is 5.78. The number of nitrogen functional groups attached to an aromatic ring is 1. The Balaban J connectivity index is 2.47. The molecule has 2 rings (SSSR count).